The molecule has 8 heteroatoms. The van der Waals surface area contributed by atoms with E-state index in [-0.39, 0.29) is 16.6 Å². The monoisotopic (exact) mass is 436 g/mol. The van der Waals surface area contributed by atoms with Gasteiger partial charge in [-0.05, 0) is 49.7 Å². The highest BCUT2D eigenvalue weighted by atomic mass is 32.2. The number of methoxy groups -OCH3 is 1. The first-order valence-corrected chi connectivity index (χ1v) is 11.1. The molecule has 2 aromatic heterocycles. The van der Waals surface area contributed by atoms with Crippen molar-refractivity contribution in [3.8, 4) is 5.75 Å². The number of aromatic nitrogens is 4. The van der Waals surface area contributed by atoms with Crippen molar-refractivity contribution in [3.05, 3.63) is 64.4 Å². The van der Waals surface area contributed by atoms with Crippen molar-refractivity contribution in [3.63, 3.8) is 0 Å². The number of ether oxygens (including phenoxy) is 1. The van der Waals surface area contributed by atoms with Crippen LogP contribution in [0.3, 0.4) is 0 Å². The first-order valence-electron chi connectivity index (χ1n) is 10.3. The zero-order valence-electron chi connectivity index (χ0n) is 17.7. The second-order valence-corrected chi connectivity index (χ2v) is 8.61. The molecule has 0 aliphatic rings. The van der Waals surface area contributed by atoms with Crippen molar-refractivity contribution in [2.45, 2.75) is 43.6 Å². The van der Waals surface area contributed by atoms with Gasteiger partial charge in [-0.25, -0.2) is 0 Å². The Morgan fingerprint density at radius 2 is 1.87 bits per heavy atom. The molecule has 0 saturated carbocycles. The quantitative estimate of drug-likeness (QED) is 0.304. The van der Waals surface area contributed by atoms with Gasteiger partial charge in [-0.1, -0.05) is 37.2 Å². The van der Waals surface area contributed by atoms with Gasteiger partial charge in [0.25, 0.3) is 5.56 Å². The van der Waals surface area contributed by atoms with Crippen molar-refractivity contribution in [2.24, 2.45) is 0 Å². The maximum absolute atomic E-state index is 13.0. The predicted molar refractivity (Wildman–Crippen MR) is 122 cm³/mol. The van der Waals surface area contributed by atoms with Crippen LogP contribution in [0.4, 0.5) is 0 Å². The van der Waals surface area contributed by atoms with Gasteiger partial charge in [-0.15, -0.1) is 10.2 Å². The molecule has 0 radical (unpaired) electrons. The van der Waals surface area contributed by atoms with Gasteiger partial charge in [0.2, 0.25) is 5.78 Å². The Kier molecular flexibility index (Phi) is 6.08. The van der Waals surface area contributed by atoms with E-state index in [2.05, 4.69) is 17.1 Å². The van der Waals surface area contributed by atoms with E-state index in [9.17, 15) is 9.59 Å². The molecule has 4 rings (SSSR count). The van der Waals surface area contributed by atoms with Crippen LogP contribution < -0.4 is 10.3 Å². The summed E-state index contributed by atoms with van der Waals surface area (Å²) in [6.45, 7) is 4.52. The molecule has 1 atom stereocenters. The van der Waals surface area contributed by atoms with Gasteiger partial charge in [0.05, 0.1) is 23.3 Å². The van der Waals surface area contributed by atoms with E-state index in [1.165, 1.54) is 11.8 Å². The summed E-state index contributed by atoms with van der Waals surface area (Å²) in [5, 5.41) is 9.48. The third-order valence-corrected chi connectivity index (χ3v) is 6.28. The lowest BCUT2D eigenvalue weighted by atomic mass is 10.1. The van der Waals surface area contributed by atoms with E-state index in [1.807, 2.05) is 35.6 Å². The smallest absolute Gasteiger partial charge is 0.262 e. The number of hydrogen-bond acceptors (Lipinski definition) is 6. The molecule has 2 aromatic carbocycles. The SMILES string of the molecule is CCCCn1c(=O)c2ccccc2n2c(S[C@H](C)C(=O)c3ccc(OC)cc3)nnc12. The molecule has 160 valence electrons. The van der Waals surface area contributed by atoms with E-state index >= 15 is 0 Å². The molecule has 0 fully saturated rings. The normalized spacial score (nSPS) is 12.4. The highest BCUT2D eigenvalue weighted by Gasteiger charge is 2.22. The molecule has 0 amide bonds. The Morgan fingerprint density at radius 1 is 1.13 bits per heavy atom. The van der Waals surface area contributed by atoms with Gasteiger partial charge < -0.3 is 4.74 Å². The number of Topliss-reactive ketones (excluding diaryl/α,β-unsaturated/α-hetero) is 1. The van der Waals surface area contributed by atoms with E-state index in [1.54, 1.807) is 35.9 Å². The molecule has 0 unspecified atom stereocenters. The van der Waals surface area contributed by atoms with Crippen LogP contribution in [-0.4, -0.2) is 37.3 Å². The number of fused-ring (bicyclic) bond motifs is 3. The summed E-state index contributed by atoms with van der Waals surface area (Å²) >= 11 is 1.34. The maximum atomic E-state index is 13.0. The van der Waals surface area contributed by atoms with Crippen LogP contribution >= 0.6 is 11.8 Å². The van der Waals surface area contributed by atoms with Gasteiger partial charge in [-0.2, -0.15) is 0 Å². The fraction of sp³-hybridized carbons (Fsp3) is 0.304. The van der Waals surface area contributed by atoms with Gasteiger partial charge in [-0.3, -0.25) is 18.6 Å². The van der Waals surface area contributed by atoms with E-state index < -0.39 is 0 Å². The highest BCUT2D eigenvalue weighted by molar-refractivity contribution is 8.00. The average Bonchev–Trinajstić information content (AvgIpc) is 3.22. The largest absolute Gasteiger partial charge is 0.497 e. The van der Waals surface area contributed by atoms with Crippen molar-refractivity contribution in [2.75, 3.05) is 7.11 Å². The lowest BCUT2D eigenvalue weighted by Gasteiger charge is -2.12. The van der Waals surface area contributed by atoms with Crippen LogP contribution in [0.2, 0.25) is 0 Å². The number of hydrogen-bond donors (Lipinski definition) is 0. The minimum atomic E-state index is -0.379. The number of carbonyl (C=O) groups excluding carboxylic acids is 1. The van der Waals surface area contributed by atoms with Gasteiger partial charge in [0.1, 0.15) is 5.75 Å². The van der Waals surface area contributed by atoms with E-state index in [0.29, 0.717) is 34.2 Å². The second-order valence-electron chi connectivity index (χ2n) is 7.30. The van der Waals surface area contributed by atoms with Gasteiger partial charge in [0, 0.05) is 12.1 Å². The van der Waals surface area contributed by atoms with Crippen molar-refractivity contribution in [1.29, 1.82) is 0 Å². The number of thioether (sulfide) groups is 1. The summed E-state index contributed by atoms with van der Waals surface area (Å²) in [5.41, 5.74) is 1.29. The summed E-state index contributed by atoms with van der Waals surface area (Å²) in [4.78, 5) is 26.0. The zero-order valence-corrected chi connectivity index (χ0v) is 18.6. The number of benzene rings is 2. The van der Waals surface area contributed by atoms with Crippen LogP contribution in [0.25, 0.3) is 16.7 Å². The minimum Gasteiger partial charge on any atom is -0.497 e. The molecule has 4 aromatic rings. The van der Waals surface area contributed by atoms with E-state index in [4.69, 9.17) is 4.74 Å². The molecule has 0 saturated heterocycles. The van der Waals surface area contributed by atoms with Crippen LogP contribution in [0, 0.1) is 0 Å². The third-order valence-electron chi connectivity index (χ3n) is 5.24. The fourth-order valence-electron chi connectivity index (χ4n) is 3.53. The maximum Gasteiger partial charge on any atom is 0.262 e. The number of rotatable bonds is 8. The Bertz CT molecular complexity index is 1290. The third kappa shape index (κ3) is 3.95. The Balaban J connectivity index is 1.75. The molecule has 7 nitrogen and oxygen atoms in total. The standard InChI is InChI=1S/C23H24N4O3S/c1-4-5-14-26-21(29)18-8-6-7-9-19(18)27-22(26)24-25-23(27)31-15(2)20(28)16-10-12-17(30-3)13-11-16/h6-13,15H,4-5,14H2,1-3H3/t15-/m1/s1. The van der Waals surface area contributed by atoms with Crippen molar-refractivity contribution in [1.82, 2.24) is 19.2 Å². The molecule has 0 aliphatic carbocycles. The molecular formula is C23H24N4O3S. The molecule has 0 spiro atoms. The Hall–Kier alpha value is -3.13. The Labute approximate surface area is 184 Å². The van der Waals surface area contributed by atoms with E-state index in [0.717, 1.165) is 18.4 Å². The minimum absolute atomic E-state index is 0.00647. The molecule has 0 aliphatic heterocycles. The molecular weight excluding hydrogens is 412 g/mol. The highest BCUT2D eigenvalue weighted by Crippen LogP contribution is 2.27. The summed E-state index contributed by atoms with van der Waals surface area (Å²) in [6, 6.07) is 14.5. The van der Waals surface area contributed by atoms with Crippen molar-refractivity contribution < 1.29 is 9.53 Å². The Morgan fingerprint density at radius 3 is 2.58 bits per heavy atom. The molecule has 2 heterocycles. The fourth-order valence-corrected chi connectivity index (χ4v) is 4.46. The van der Waals surface area contributed by atoms with Crippen LogP contribution in [0.1, 0.15) is 37.0 Å². The first kappa shape index (κ1) is 21.1. The van der Waals surface area contributed by atoms with Crippen LogP contribution in [0.5, 0.6) is 5.75 Å². The average molecular weight is 437 g/mol. The number of aryl methyl sites for hydroxylation is 1. The summed E-state index contributed by atoms with van der Waals surface area (Å²) < 4.78 is 8.73. The number of ketones is 1. The van der Waals surface area contributed by atoms with Crippen molar-refractivity contribution >= 4 is 34.2 Å². The van der Waals surface area contributed by atoms with Crippen LogP contribution in [-0.2, 0) is 6.54 Å². The predicted octanol–water partition coefficient (Wildman–Crippen LogP) is 4.22. The van der Waals surface area contributed by atoms with Gasteiger partial charge in [0.15, 0.2) is 10.9 Å². The number of para-hydroxylation sites is 1. The first-order chi connectivity index (χ1) is 15.0. The second kappa shape index (κ2) is 8.93. The number of nitrogens with zero attached hydrogens (tertiary/aromatic N) is 4. The summed E-state index contributed by atoms with van der Waals surface area (Å²) in [7, 11) is 1.59. The zero-order chi connectivity index (χ0) is 22.0. The topological polar surface area (TPSA) is 78.5 Å². The molecule has 31 heavy (non-hydrogen) atoms. The van der Waals surface area contributed by atoms with Gasteiger partial charge >= 0.3 is 0 Å². The molecule has 0 bridgehead atoms. The number of carbonyl (C=O) groups is 1. The molecule has 0 N–H and O–H groups in total. The summed E-state index contributed by atoms with van der Waals surface area (Å²) in [5.74, 6) is 1.20. The number of unbranched alkanes of at least 4 members (excludes halogenated alkanes) is 1. The summed E-state index contributed by atoms with van der Waals surface area (Å²) in [6.07, 6.45) is 1.84. The van der Waals surface area contributed by atoms with Crippen LogP contribution in [0.15, 0.2) is 58.5 Å². The lowest BCUT2D eigenvalue weighted by Crippen LogP contribution is -2.23. The lowest BCUT2D eigenvalue weighted by molar-refractivity contribution is 0.0994.